The van der Waals surface area contributed by atoms with Crippen LogP contribution in [0.4, 0.5) is 0 Å². The first kappa shape index (κ1) is 33.2. The van der Waals surface area contributed by atoms with Crippen LogP contribution in [0, 0.1) is 11.8 Å². The molecule has 2 aromatic heterocycles. The number of carbonyl (C=O) groups excluding carboxylic acids is 4. The van der Waals surface area contributed by atoms with Crippen LogP contribution >= 0.6 is 22.7 Å². The van der Waals surface area contributed by atoms with E-state index in [4.69, 9.17) is 28.4 Å². The molecule has 0 spiro atoms. The molecule has 10 nitrogen and oxygen atoms in total. The number of carbonyl (C=O) groups is 4. The zero-order chi connectivity index (χ0) is 32.8. The zero-order valence-corrected chi connectivity index (χ0v) is 27.8. The normalized spacial score (nSPS) is 15.0. The molecule has 0 saturated heterocycles. The molecule has 0 bridgehead atoms. The number of benzene rings is 2. The van der Waals surface area contributed by atoms with Gasteiger partial charge >= 0.3 is 11.9 Å². The summed E-state index contributed by atoms with van der Waals surface area (Å²) in [4.78, 5) is 50.4. The van der Waals surface area contributed by atoms with Crippen molar-refractivity contribution < 1.29 is 47.6 Å². The Labute approximate surface area is 274 Å². The van der Waals surface area contributed by atoms with Gasteiger partial charge in [0.05, 0.1) is 62.2 Å². The molecule has 5 rings (SSSR count). The quantitative estimate of drug-likeness (QED) is 0.145. The van der Waals surface area contributed by atoms with E-state index in [-0.39, 0.29) is 24.4 Å². The van der Waals surface area contributed by atoms with Crippen molar-refractivity contribution in [1.82, 2.24) is 0 Å². The highest BCUT2D eigenvalue weighted by molar-refractivity contribution is 7.21. The number of hydrogen-bond acceptors (Lipinski definition) is 12. The number of Topliss-reactive ketones (excluding diaryl/α,β-unsaturated/α-hetero) is 2. The number of rotatable bonds is 8. The highest BCUT2D eigenvalue weighted by Gasteiger charge is 2.22. The second kappa shape index (κ2) is 15.0. The summed E-state index contributed by atoms with van der Waals surface area (Å²) in [6, 6.07) is 11.1. The van der Waals surface area contributed by atoms with E-state index in [1.807, 2.05) is 36.4 Å². The Balaban J connectivity index is 1.28. The number of hydrogen-bond donors (Lipinski definition) is 0. The van der Waals surface area contributed by atoms with Gasteiger partial charge in [-0.25, -0.2) is 0 Å². The van der Waals surface area contributed by atoms with Gasteiger partial charge < -0.3 is 28.4 Å². The van der Waals surface area contributed by atoms with Gasteiger partial charge in [0, 0.05) is 47.2 Å². The lowest BCUT2D eigenvalue weighted by Gasteiger charge is -2.16. The summed E-state index contributed by atoms with van der Waals surface area (Å²) in [5.74, 6) is 0.194. The van der Waals surface area contributed by atoms with Gasteiger partial charge in [0.15, 0.2) is 34.6 Å². The molecule has 2 atom stereocenters. The zero-order valence-electron chi connectivity index (χ0n) is 26.2. The first-order valence-electron chi connectivity index (χ1n) is 15.0. The molecular formula is C34H36O10S2. The molecule has 0 aliphatic carbocycles. The lowest BCUT2D eigenvalue weighted by molar-refractivity contribution is -0.145. The monoisotopic (exact) mass is 668 g/mol. The van der Waals surface area contributed by atoms with Crippen LogP contribution in [0.2, 0.25) is 0 Å². The lowest BCUT2D eigenvalue weighted by Crippen LogP contribution is -2.16. The molecule has 1 aliphatic heterocycles. The lowest BCUT2D eigenvalue weighted by atomic mass is 10.0. The Kier molecular flexibility index (Phi) is 10.8. The molecule has 1 aliphatic rings. The average Bonchev–Trinajstić information content (AvgIpc) is 3.66. The van der Waals surface area contributed by atoms with Gasteiger partial charge in [-0.2, -0.15) is 0 Å². The van der Waals surface area contributed by atoms with E-state index in [9.17, 15) is 19.2 Å². The first-order chi connectivity index (χ1) is 22.2. The van der Waals surface area contributed by atoms with Gasteiger partial charge in [0.1, 0.15) is 0 Å². The summed E-state index contributed by atoms with van der Waals surface area (Å²) < 4.78 is 35.7. The SMILES string of the molecule is COC(=O)[C@@H](C)CC(=O)c1cc2cc3c(cc2s1)OCCCOc1cc2sc(C(=O)C[C@H](C)C(=O)OC)cc2cc1OCCCO3. The maximum Gasteiger partial charge on any atom is 0.308 e. The second-order valence-corrected chi connectivity index (χ2v) is 13.3. The molecule has 12 heteroatoms. The van der Waals surface area contributed by atoms with Crippen LogP contribution in [-0.4, -0.2) is 64.2 Å². The Morgan fingerprint density at radius 3 is 1.30 bits per heavy atom. The van der Waals surface area contributed by atoms with E-state index in [0.29, 0.717) is 72.0 Å². The summed E-state index contributed by atoms with van der Waals surface area (Å²) in [6.45, 7) is 4.81. The number of ether oxygens (including phenoxy) is 6. The molecule has 0 radical (unpaired) electrons. The fourth-order valence-corrected chi connectivity index (χ4v) is 7.04. The fourth-order valence-electron chi connectivity index (χ4n) is 4.99. The number of methoxy groups -OCH3 is 2. The van der Waals surface area contributed by atoms with Crippen LogP contribution in [0.3, 0.4) is 0 Å². The standard InChI is InChI=1S/C34H36O10S2/c1-19(33(37)39-3)11-23(35)31-15-21-13-25-27(17-29(21)45-31)43-9-6-10-44-28-18-30-22(14-26(28)42-8-5-7-41-25)16-32(46-30)24(36)12-20(2)34(38)40-4/h13-20H,5-12H2,1-4H3/t19-,20-/m0/s1. The summed E-state index contributed by atoms with van der Waals surface area (Å²) in [5.41, 5.74) is 0. The van der Waals surface area contributed by atoms with E-state index in [2.05, 4.69) is 0 Å². The number of esters is 2. The van der Waals surface area contributed by atoms with E-state index in [0.717, 1.165) is 20.2 Å². The second-order valence-electron chi connectivity index (χ2n) is 11.1. The van der Waals surface area contributed by atoms with Gasteiger partial charge in [-0.1, -0.05) is 13.8 Å². The highest BCUT2D eigenvalue weighted by Crippen LogP contribution is 2.39. The summed E-state index contributed by atoms with van der Waals surface area (Å²) in [5, 5.41) is 1.71. The third-order valence-corrected chi connectivity index (χ3v) is 9.79. The molecule has 4 aromatic rings. The van der Waals surface area contributed by atoms with Crippen LogP contribution < -0.4 is 18.9 Å². The molecule has 0 saturated carbocycles. The predicted octanol–water partition coefficient (Wildman–Crippen LogP) is 6.89. The maximum atomic E-state index is 12.9. The molecule has 0 unspecified atom stereocenters. The minimum Gasteiger partial charge on any atom is -0.490 e. The van der Waals surface area contributed by atoms with Crippen molar-refractivity contribution in [2.45, 2.75) is 39.5 Å². The van der Waals surface area contributed by atoms with Crippen LogP contribution in [0.25, 0.3) is 20.2 Å². The van der Waals surface area contributed by atoms with Gasteiger partial charge in [-0.3, -0.25) is 19.2 Å². The Hall–Kier alpha value is -4.16. The maximum absolute atomic E-state index is 12.9. The molecule has 0 amide bonds. The Morgan fingerprint density at radius 1 is 0.609 bits per heavy atom. The topological polar surface area (TPSA) is 124 Å². The van der Waals surface area contributed by atoms with Crippen LogP contribution in [0.1, 0.15) is 58.9 Å². The minimum absolute atomic E-state index is 0.0716. The van der Waals surface area contributed by atoms with E-state index in [1.165, 1.54) is 36.9 Å². The van der Waals surface area contributed by atoms with Gasteiger partial charge in [0.25, 0.3) is 0 Å². The molecular weight excluding hydrogens is 632 g/mol. The third-order valence-electron chi connectivity index (χ3n) is 7.51. The summed E-state index contributed by atoms with van der Waals surface area (Å²) in [7, 11) is 2.63. The smallest absolute Gasteiger partial charge is 0.308 e. The van der Waals surface area contributed by atoms with Crippen LogP contribution in [0.15, 0.2) is 36.4 Å². The van der Waals surface area contributed by atoms with Crippen molar-refractivity contribution in [2.24, 2.45) is 11.8 Å². The van der Waals surface area contributed by atoms with E-state index >= 15 is 0 Å². The van der Waals surface area contributed by atoms with Gasteiger partial charge in [-0.15, -0.1) is 22.7 Å². The number of thiophene rings is 2. The van der Waals surface area contributed by atoms with E-state index in [1.54, 1.807) is 13.8 Å². The van der Waals surface area contributed by atoms with Crippen molar-refractivity contribution in [3.8, 4) is 23.0 Å². The summed E-state index contributed by atoms with van der Waals surface area (Å²) >= 11 is 2.71. The average molecular weight is 669 g/mol. The van der Waals surface area contributed by atoms with Crippen molar-refractivity contribution in [3.63, 3.8) is 0 Å². The Morgan fingerprint density at radius 2 is 0.957 bits per heavy atom. The first-order valence-corrected chi connectivity index (χ1v) is 16.7. The van der Waals surface area contributed by atoms with Gasteiger partial charge in [-0.05, 0) is 35.0 Å². The molecule has 46 heavy (non-hydrogen) atoms. The van der Waals surface area contributed by atoms with Crippen molar-refractivity contribution in [1.29, 1.82) is 0 Å². The van der Waals surface area contributed by atoms with E-state index < -0.39 is 23.8 Å². The summed E-state index contributed by atoms with van der Waals surface area (Å²) in [6.07, 6.45) is 1.30. The van der Waals surface area contributed by atoms with Crippen molar-refractivity contribution in [3.05, 3.63) is 46.2 Å². The molecule has 3 heterocycles. The molecule has 244 valence electrons. The molecule has 0 N–H and O–H groups in total. The highest BCUT2D eigenvalue weighted by atomic mass is 32.1. The number of ketones is 2. The minimum atomic E-state index is -0.523. The van der Waals surface area contributed by atoms with Crippen LogP contribution in [0.5, 0.6) is 23.0 Å². The van der Waals surface area contributed by atoms with Gasteiger partial charge in [0.2, 0.25) is 0 Å². The Bertz CT molecular complexity index is 1540. The van der Waals surface area contributed by atoms with Crippen LogP contribution in [-0.2, 0) is 19.1 Å². The largest absolute Gasteiger partial charge is 0.490 e. The molecule has 2 aromatic carbocycles. The molecule has 0 fully saturated rings. The third kappa shape index (κ3) is 7.79. The predicted molar refractivity (Wildman–Crippen MR) is 175 cm³/mol. The fraction of sp³-hybridized carbons (Fsp3) is 0.412. The van der Waals surface area contributed by atoms with Crippen molar-refractivity contribution in [2.75, 3.05) is 40.6 Å². The van der Waals surface area contributed by atoms with Crippen molar-refractivity contribution >= 4 is 66.4 Å². The number of fused-ring (bicyclic) bond motifs is 4.